The molecular formula is C18H17NO4. The topological polar surface area (TPSA) is 61.4 Å². The Balaban J connectivity index is 1.98. The van der Waals surface area contributed by atoms with E-state index in [-0.39, 0.29) is 17.6 Å². The van der Waals surface area contributed by atoms with Crippen LogP contribution in [-0.2, 0) is 17.7 Å². The number of carbonyl (C=O) groups is 1. The number of ether oxygens (including phenoxy) is 1. The molecular weight excluding hydrogens is 294 g/mol. The van der Waals surface area contributed by atoms with Crippen LogP contribution < -0.4 is 5.43 Å². The number of benzene rings is 1. The lowest BCUT2D eigenvalue weighted by Crippen LogP contribution is -2.20. The van der Waals surface area contributed by atoms with Crippen molar-refractivity contribution in [1.82, 2.24) is 4.57 Å². The van der Waals surface area contributed by atoms with Crippen LogP contribution in [0.15, 0.2) is 58.1 Å². The molecule has 0 aliphatic heterocycles. The summed E-state index contributed by atoms with van der Waals surface area (Å²) in [6.07, 6.45) is 3.75. The predicted octanol–water partition coefficient (Wildman–Crippen LogP) is 3.01. The van der Waals surface area contributed by atoms with Gasteiger partial charge in [-0.05, 0) is 25.0 Å². The summed E-state index contributed by atoms with van der Waals surface area (Å²) < 4.78 is 12.2. The average molecular weight is 311 g/mol. The molecule has 0 amide bonds. The summed E-state index contributed by atoms with van der Waals surface area (Å²) in [4.78, 5) is 24.3. The number of aryl methyl sites for hydroxylation is 2. The molecule has 0 bridgehead atoms. The summed E-state index contributed by atoms with van der Waals surface area (Å²) in [7, 11) is 0. The molecule has 23 heavy (non-hydrogen) atoms. The van der Waals surface area contributed by atoms with Crippen molar-refractivity contribution in [3.63, 3.8) is 0 Å². The summed E-state index contributed by atoms with van der Waals surface area (Å²) >= 11 is 0. The maximum atomic E-state index is 12.4. The van der Waals surface area contributed by atoms with E-state index in [2.05, 4.69) is 0 Å². The van der Waals surface area contributed by atoms with Crippen LogP contribution in [0, 0.1) is 0 Å². The van der Waals surface area contributed by atoms with E-state index >= 15 is 0 Å². The molecule has 0 aliphatic rings. The van der Waals surface area contributed by atoms with Crippen LogP contribution in [-0.4, -0.2) is 17.1 Å². The zero-order valence-electron chi connectivity index (χ0n) is 12.8. The van der Waals surface area contributed by atoms with Gasteiger partial charge >= 0.3 is 5.97 Å². The molecule has 5 nitrogen and oxygen atoms in total. The van der Waals surface area contributed by atoms with Crippen LogP contribution >= 0.6 is 0 Å². The number of carbonyl (C=O) groups excluding carboxylic acids is 1. The number of hydrogen-bond acceptors (Lipinski definition) is 4. The summed E-state index contributed by atoms with van der Waals surface area (Å²) in [6.45, 7) is 2.54. The van der Waals surface area contributed by atoms with Gasteiger partial charge < -0.3 is 13.7 Å². The second kappa shape index (κ2) is 6.52. The molecule has 0 unspecified atom stereocenters. The fourth-order valence-corrected chi connectivity index (χ4v) is 2.53. The van der Waals surface area contributed by atoms with Crippen LogP contribution in [0.5, 0.6) is 0 Å². The van der Waals surface area contributed by atoms with Gasteiger partial charge in [-0.15, -0.1) is 0 Å². The number of fused-ring (bicyclic) bond motifs is 1. The van der Waals surface area contributed by atoms with Crippen molar-refractivity contribution in [3.8, 4) is 0 Å². The molecule has 2 heterocycles. The van der Waals surface area contributed by atoms with E-state index in [1.54, 1.807) is 17.6 Å². The third kappa shape index (κ3) is 3.04. The third-order valence-electron chi connectivity index (χ3n) is 3.66. The van der Waals surface area contributed by atoms with Crippen LogP contribution in [0.1, 0.15) is 22.8 Å². The van der Waals surface area contributed by atoms with Gasteiger partial charge in [0.05, 0.1) is 18.3 Å². The monoisotopic (exact) mass is 311 g/mol. The first kappa shape index (κ1) is 15.1. The second-order valence-corrected chi connectivity index (χ2v) is 5.16. The molecule has 1 aromatic carbocycles. The van der Waals surface area contributed by atoms with Gasteiger partial charge in [-0.2, -0.15) is 0 Å². The molecule has 0 aliphatic carbocycles. The van der Waals surface area contributed by atoms with Crippen molar-refractivity contribution in [2.75, 3.05) is 6.61 Å². The summed E-state index contributed by atoms with van der Waals surface area (Å²) in [5, 5.41) is 0.392. The highest BCUT2D eigenvalue weighted by Crippen LogP contribution is 2.15. The molecule has 5 heteroatoms. The summed E-state index contributed by atoms with van der Waals surface area (Å²) in [6, 6.07) is 11.6. The van der Waals surface area contributed by atoms with E-state index in [1.807, 2.05) is 30.3 Å². The summed E-state index contributed by atoms with van der Waals surface area (Å²) in [5.41, 5.74) is 1.32. The Morgan fingerprint density at radius 2 is 2.00 bits per heavy atom. The van der Waals surface area contributed by atoms with Gasteiger partial charge in [0, 0.05) is 12.7 Å². The minimum Gasteiger partial charge on any atom is -0.462 e. The van der Waals surface area contributed by atoms with Gasteiger partial charge in [0.15, 0.2) is 0 Å². The quantitative estimate of drug-likeness (QED) is 0.680. The predicted molar refractivity (Wildman–Crippen MR) is 86.6 cm³/mol. The lowest BCUT2D eigenvalue weighted by molar-refractivity contribution is 0.0524. The Bertz CT molecular complexity index is 877. The van der Waals surface area contributed by atoms with Crippen LogP contribution in [0.25, 0.3) is 11.1 Å². The number of hydrogen-bond donors (Lipinski definition) is 0. The average Bonchev–Trinajstić information content (AvgIpc) is 3.06. The highest BCUT2D eigenvalue weighted by atomic mass is 16.5. The van der Waals surface area contributed by atoms with Crippen molar-refractivity contribution < 1.29 is 13.9 Å². The third-order valence-corrected chi connectivity index (χ3v) is 3.66. The van der Waals surface area contributed by atoms with Gasteiger partial charge in [-0.3, -0.25) is 4.79 Å². The molecule has 0 radical (unpaired) electrons. The zero-order valence-corrected chi connectivity index (χ0v) is 12.8. The highest BCUT2D eigenvalue weighted by molar-refractivity contribution is 5.92. The Morgan fingerprint density at radius 3 is 2.74 bits per heavy atom. The fourth-order valence-electron chi connectivity index (χ4n) is 2.53. The van der Waals surface area contributed by atoms with E-state index in [1.165, 1.54) is 18.0 Å². The molecule has 0 saturated carbocycles. The lowest BCUT2D eigenvalue weighted by Gasteiger charge is -2.10. The number of rotatable bonds is 5. The SMILES string of the molecule is CCOC(=O)c1cn(CCc2ccccc2)c2occc2c1=O. The Hall–Kier alpha value is -2.82. The number of pyridine rings is 1. The van der Waals surface area contributed by atoms with E-state index in [0.717, 1.165) is 6.42 Å². The molecule has 0 atom stereocenters. The smallest absolute Gasteiger partial charge is 0.343 e. The zero-order chi connectivity index (χ0) is 16.2. The van der Waals surface area contributed by atoms with Gasteiger partial charge in [0.25, 0.3) is 0 Å². The Labute approximate surface area is 133 Å². The molecule has 3 aromatic rings. The minimum absolute atomic E-state index is 0.0359. The minimum atomic E-state index is -0.603. The fraction of sp³-hybridized carbons (Fsp3) is 0.222. The van der Waals surface area contributed by atoms with Gasteiger partial charge in [-0.1, -0.05) is 30.3 Å². The number of esters is 1. The molecule has 0 fully saturated rings. The normalized spacial score (nSPS) is 10.8. The molecule has 0 saturated heterocycles. The standard InChI is InChI=1S/C18H17NO4/c1-2-22-18(21)15-12-19(10-8-13-6-4-3-5-7-13)17-14(16(15)20)9-11-23-17/h3-7,9,11-12H,2,8,10H2,1H3. The van der Waals surface area contributed by atoms with Gasteiger partial charge in [0.1, 0.15) is 5.56 Å². The van der Waals surface area contributed by atoms with Crippen LogP contribution in [0.3, 0.4) is 0 Å². The number of aromatic nitrogens is 1. The van der Waals surface area contributed by atoms with E-state index < -0.39 is 5.97 Å². The Kier molecular flexibility index (Phi) is 4.28. The largest absolute Gasteiger partial charge is 0.462 e. The van der Waals surface area contributed by atoms with E-state index in [9.17, 15) is 9.59 Å². The first-order valence-corrected chi connectivity index (χ1v) is 7.52. The highest BCUT2D eigenvalue weighted by Gasteiger charge is 2.18. The van der Waals surface area contributed by atoms with Crippen molar-refractivity contribution in [1.29, 1.82) is 0 Å². The van der Waals surface area contributed by atoms with E-state index in [0.29, 0.717) is 17.6 Å². The van der Waals surface area contributed by atoms with Crippen molar-refractivity contribution >= 4 is 17.1 Å². The first-order chi connectivity index (χ1) is 11.2. The molecule has 0 spiro atoms. The molecule has 3 rings (SSSR count). The number of nitrogens with zero attached hydrogens (tertiary/aromatic N) is 1. The lowest BCUT2D eigenvalue weighted by atomic mass is 10.1. The maximum Gasteiger partial charge on any atom is 0.343 e. The van der Waals surface area contributed by atoms with Crippen LogP contribution in [0.4, 0.5) is 0 Å². The number of furan rings is 1. The van der Waals surface area contributed by atoms with E-state index in [4.69, 9.17) is 9.15 Å². The second-order valence-electron chi connectivity index (χ2n) is 5.16. The van der Waals surface area contributed by atoms with Crippen molar-refractivity contribution in [2.45, 2.75) is 19.9 Å². The Morgan fingerprint density at radius 1 is 1.22 bits per heavy atom. The maximum absolute atomic E-state index is 12.4. The summed E-state index contributed by atoms with van der Waals surface area (Å²) in [5.74, 6) is -0.603. The van der Waals surface area contributed by atoms with Crippen molar-refractivity contribution in [3.05, 3.63) is 70.2 Å². The molecule has 0 N–H and O–H groups in total. The molecule has 2 aromatic heterocycles. The van der Waals surface area contributed by atoms with Crippen LogP contribution in [0.2, 0.25) is 0 Å². The molecule has 118 valence electrons. The van der Waals surface area contributed by atoms with Gasteiger partial charge in [0.2, 0.25) is 11.1 Å². The first-order valence-electron chi connectivity index (χ1n) is 7.52. The van der Waals surface area contributed by atoms with Crippen molar-refractivity contribution in [2.24, 2.45) is 0 Å². The van der Waals surface area contributed by atoms with Gasteiger partial charge in [-0.25, -0.2) is 4.79 Å².